The van der Waals surface area contributed by atoms with Gasteiger partial charge in [0.05, 0.1) is 24.4 Å². The van der Waals surface area contributed by atoms with Gasteiger partial charge in [-0.1, -0.05) is 0 Å². The zero-order chi connectivity index (χ0) is 22.3. The van der Waals surface area contributed by atoms with Gasteiger partial charge in [-0.15, -0.1) is 10.2 Å². The van der Waals surface area contributed by atoms with Gasteiger partial charge in [-0.25, -0.2) is 9.97 Å². The molecule has 4 heterocycles. The molecule has 0 aromatic carbocycles. The topological polar surface area (TPSA) is 128 Å². The standard InChI is InChI=1S/C22H23N9O/c1-3-32-17-5-9-25-16(13-17)14-21-30-29-20-12-15(7-11-31(20)21)18-6-10-26-22(27-18)28-19(24-2)4-8-23/h4-13H,3,14,23H2,1-2H3,(H,24,26,27,28). The number of nitrogens with zero attached hydrogens (tertiary/aromatic N) is 7. The molecular weight excluding hydrogens is 406 g/mol. The Kier molecular flexibility index (Phi) is 6.30. The Bertz CT molecular complexity index is 1280. The number of nitrogens with one attached hydrogen (secondary N) is 1. The van der Waals surface area contributed by atoms with Gasteiger partial charge in [0.25, 0.3) is 0 Å². The normalized spacial score (nSPS) is 11.9. The molecule has 0 saturated heterocycles. The molecule has 0 aliphatic carbocycles. The molecule has 0 fully saturated rings. The highest BCUT2D eigenvalue weighted by Gasteiger charge is 2.11. The molecule has 0 spiro atoms. The number of hydrogen-bond acceptors (Lipinski definition) is 8. The monoisotopic (exact) mass is 429 g/mol. The lowest BCUT2D eigenvalue weighted by Crippen LogP contribution is -2.12. The molecule has 4 aromatic rings. The fourth-order valence-corrected chi connectivity index (χ4v) is 3.15. The summed E-state index contributed by atoms with van der Waals surface area (Å²) in [6, 6.07) is 9.49. The Morgan fingerprint density at radius 1 is 1.19 bits per heavy atom. The molecule has 0 aliphatic rings. The summed E-state index contributed by atoms with van der Waals surface area (Å²) in [7, 11) is 1.66. The largest absolute Gasteiger partial charge is 0.494 e. The van der Waals surface area contributed by atoms with E-state index in [2.05, 4.69) is 35.5 Å². The van der Waals surface area contributed by atoms with Crippen LogP contribution in [-0.4, -0.2) is 49.0 Å². The maximum atomic E-state index is 5.55. The number of amidine groups is 1. The van der Waals surface area contributed by atoms with Crippen molar-refractivity contribution in [2.24, 2.45) is 10.7 Å². The molecule has 0 amide bonds. The Morgan fingerprint density at radius 2 is 2.06 bits per heavy atom. The van der Waals surface area contributed by atoms with Gasteiger partial charge < -0.3 is 15.8 Å². The maximum absolute atomic E-state index is 5.55. The second-order valence-electron chi connectivity index (χ2n) is 6.71. The quantitative estimate of drug-likeness (QED) is 0.339. The van der Waals surface area contributed by atoms with Crippen LogP contribution >= 0.6 is 0 Å². The molecule has 0 radical (unpaired) electrons. The number of pyridine rings is 2. The van der Waals surface area contributed by atoms with Gasteiger partial charge >= 0.3 is 0 Å². The molecule has 4 aromatic heterocycles. The molecule has 10 heteroatoms. The summed E-state index contributed by atoms with van der Waals surface area (Å²) in [5, 5.41) is 11.7. The maximum Gasteiger partial charge on any atom is 0.228 e. The first-order valence-electron chi connectivity index (χ1n) is 10.1. The molecule has 0 atom stereocenters. The second kappa shape index (κ2) is 9.65. The van der Waals surface area contributed by atoms with E-state index in [-0.39, 0.29) is 0 Å². The first kappa shape index (κ1) is 20.9. The Hall–Kier alpha value is -4.34. The smallest absolute Gasteiger partial charge is 0.228 e. The van der Waals surface area contributed by atoms with Crippen LogP contribution in [-0.2, 0) is 6.42 Å². The molecule has 10 nitrogen and oxygen atoms in total. The number of aromatic nitrogens is 6. The van der Waals surface area contributed by atoms with E-state index < -0.39 is 0 Å². The summed E-state index contributed by atoms with van der Waals surface area (Å²) in [5.41, 5.74) is 8.65. The van der Waals surface area contributed by atoms with Crippen molar-refractivity contribution in [2.45, 2.75) is 13.3 Å². The second-order valence-corrected chi connectivity index (χ2v) is 6.71. The summed E-state index contributed by atoms with van der Waals surface area (Å²) in [5.74, 6) is 2.56. The summed E-state index contributed by atoms with van der Waals surface area (Å²) >= 11 is 0. The van der Waals surface area contributed by atoms with Crippen LogP contribution in [0, 0.1) is 0 Å². The van der Waals surface area contributed by atoms with Crippen LogP contribution in [0.15, 0.2) is 66.2 Å². The highest BCUT2D eigenvalue weighted by atomic mass is 16.5. The van der Waals surface area contributed by atoms with Crippen LogP contribution in [0.5, 0.6) is 5.75 Å². The van der Waals surface area contributed by atoms with E-state index in [0.717, 1.165) is 28.5 Å². The molecule has 3 N–H and O–H groups in total. The van der Waals surface area contributed by atoms with Gasteiger partial charge in [0.2, 0.25) is 5.95 Å². The average Bonchev–Trinajstić information content (AvgIpc) is 3.21. The van der Waals surface area contributed by atoms with Gasteiger partial charge in [0.1, 0.15) is 17.4 Å². The lowest BCUT2D eigenvalue weighted by Gasteiger charge is -2.07. The fraction of sp³-hybridized carbons (Fsp3) is 0.182. The van der Waals surface area contributed by atoms with Crippen molar-refractivity contribution in [1.82, 2.24) is 29.5 Å². The number of rotatable bonds is 7. The first-order chi connectivity index (χ1) is 15.7. The van der Waals surface area contributed by atoms with Crippen LogP contribution in [0.1, 0.15) is 18.4 Å². The Balaban J connectivity index is 1.58. The van der Waals surface area contributed by atoms with Crippen LogP contribution < -0.4 is 15.8 Å². The summed E-state index contributed by atoms with van der Waals surface area (Å²) in [6.07, 6.45) is 8.92. The molecule has 32 heavy (non-hydrogen) atoms. The average molecular weight is 429 g/mol. The fourth-order valence-electron chi connectivity index (χ4n) is 3.15. The molecule has 162 valence electrons. The zero-order valence-corrected chi connectivity index (χ0v) is 17.8. The lowest BCUT2D eigenvalue weighted by molar-refractivity contribution is 0.339. The molecular formula is C22H23N9O. The number of hydrogen-bond donors (Lipinski definition) is 2. The van der Waals surface area contributed by atoms with Gasteiger partial charge in [-0.2, -0.15) is 0 Å². The van der Waals surface area contributed by atoms with E-state index in [1.54, 1.807) is 25.5 Å². The predicted octanol–water partition coefficient (Wildman–Crippen LogP) is 2.48. The molecule has 0 saturated carbocycles. The van der Waals surface area contributed by atoms with E-state index in [0.29, 0.717) is 30.5 Å². The van der Waals surface area contributed by atoms with E-state index in [4.69, 9.17) is 10.5 Å². The molecule has 0 aliphatic heterocycles. The van der Waals surface area contributed by atoms with Crippen molar-refractivity contribution >= 4 is 17.4 Å². The molecule has 4 rings (SSSR count). The van der Waals surface area contributed by atoms with Crippen LogP contribution in [0.25, 0.3) is 16.9 Å². The van der Waals surface area contributed by atoms with Crippen molar-refractivity contribution in [3.05, 3.63) is 72.7 Å². The van der Waals surface area contributed by atoms with Crippen molar-refractivity contribution < 1.29 is 4.74 Å². The Labute approximate surface area is 184 Å². The highest BCUT2D eigenvalue weighted by molar-refractivity contribution is 6.02. The number of nitrogens with two attached hydrogens (primary N) is 1. The van der Waals surface area contributed by atoms with Crippen molar-refractivity contribution in [2.75, 3.05) is 19.0 Å². The van der Waals surface area contributed by atoms with E-state index in [9.17, 15) is 0 Å². The minimum absolute atomic E-state index is 0.420. The van der Waals surface area contributed by atoms with E-state index >= 15 is 0 Å². The number of anilines is 1. The van der Waals surface area contributed by atoms with Gasteiger partial charge in [-0.3, -0.25) is 14.4 Å². The minimum atomic E-state index is 0.420. The van der Waals surface area contributed by atoms with Crippen LogP contribution in [0.3, 0.4) is 0 Å². The Morgan fingerprint density at radius 3 is 2.88 bits per heavy atom. The van der Waals surface area contributed by atoms with Crippen molar-refractivity contribution in [3.8, 4) is 17.0 Å². The van der Waals surface area contributed by atoms with Crippen molar-refractivity contribution in [1.29, 1.82) is 0 Å². The highest BCUT2D eigenvalue weighted by Crippen LogP contribution is 2.21. The third-order valence-electron chi connectivity index (χ3n) is 4.61. The van der Waals surface area contributed by atoms with Gasteiger partial charge in [-0.05, 0) is 43.5 Å². The first-order valence-corrected chi connectivity index (χ1v) is 10.1. The molecule has 0 unspecified atom stereocenters. The number of fused-ring (bicyclic) bond motifs is 1. The lowest BCUT2D eigenvalue weighted by atomic mass is 10.2. The predicted molar refractivity (Wildman–Crippen MR) is 123 cm³/mol. The SMILES string of the molecule is CCOc1ccnc(Cc2nnc3cc(-c4ccnc(NC(C=CN)=NC)n4)ccn23)c1. The van der Waals surface area contributed by atoms with Gasteiger partial charge in [0, 0.05) is 37.3 Å². The van der Waals surface area contributed by atoms with Crippen LogP contribution in [0.4, 0.5) is 5.95 Å². The number of aliphatic imine (C=N–C) groups is 1. The summed E-state index contributed by atoms with van der Waals surface area (Å²) in [4.78, 5) is 17.3. The van der Waals surface area contributed by atoms with E-state index in [1.165, 1.54) is 6.20 Å². The minimum Gasteiger partial charge on any atom is -0.494 e. The summed E-state index contributed by atoms with van der Waals surface area (Å²) < 4.78 is 7.49. The van der Waals surface area contributed by atoms with E-state index in [1.807, 2.05) is 47.9 Å². The zero-order valence-electron chi connectivity index (χ0n) is 17.8. The molecule has 0 bridgehead atoms. The summed E-state index contributed by atoms with van der Waals surface area (Å²) in [6.45, 7) is 2.56. The van der Waals surface area contributed by atoms with Gasteiger partial charge in [0.15, 0.2) is 5.65 Å². The third kappa shape index (κ3) is 4.69. The van der Waals surface area contributed by atoms with Crippen molar-refractivity contribution in [3.63, 3.8) is 0 Å². The van der Waals surface area contributed by atoms with Crippen LogP contribution in [0.2, 0.25) is 0 Å². The number of ether oxygens (including phenoxy) is 1. The third-order valence-corrected chi connectivity index (χ3v) is 4.61.